The van der Waals surface area contributed by atoms with Crippen LogP contribution in [-0.2, 0) is 0 Å². The highest BCUT2D eigenvalue weighted by Gasteiger charge is 2.20. The van der Waals surface area contributed by atoms with Gasteiger partial charge in [0.2, 0.25) is 0 Å². The number of nitrogens with one attached hydrogen (secondary N) is 2. The number of benzene rings is 2. The van der Waals surface area contributed by atoms with Gasteiger partial charge in [-0.1, -0.05) is 19.1 Å². The van der Waals surface area contributed by atoms with Crippen LogP contribution in [0.15, 0.2) is 42.5 Å². The van der Waals surface area contributed by atoms with Gasteiger partial charge in [-0.2, -0.15) is 0 Å². The molecule has 3 rings (SSSR count). The van der Waals surface area contributed by atoms with E-state index in [1.807, 2.05) is 25.1 Å². The molecule has 1 amide bonds. The number of quaternary nitrogens is 1. The van der Waals surface area contributed by atoms with Crippen LogP contribution in [0.1, 0.15) is 23.7 Å². The average molecular weight is 385 g/mol. The molecular formula is C22H30N3O3+. The first-order valence-corrected chi connectivity index (χ1v) is 9.89. The fourth-order valence-electron chi connectivity index (χ4n) is 3.32. The second kappa shape index (κ2) is 9.46. The predicted molar refractivity (Wildman–Crippen MR) is 112 cm³/mol. The molecule has 28 heavy (non-hydrogen) atoms. The van der Waals surface area contributed by atoms with E-state index in [4.69, 9.17) is 9.47 Å². The van der Waals surface area contributed by atoms with Gasteiger partial charge in [-0.15, -0.1) is 0 Å². The van der Waals surface area contributed by atoms with E-state index in [0.717, 1.165) is 44.0 Å². The van der Waals surface area contributed by atoms with Gasteiger partial charge in [-0.25, -0.2) is 0 Å². The van der Waals surface area contributed by atoms with E-state index in [1.54, 1.807) is 25.3 Å². The topological polar surface area (TPSA) is 55.2 Å². The number of para-hydroxylation sites is 2. The summed E-state index contributed by atoms with van der Waals surface area (Å²) < 4.78 is 11.1. The average Bonchev–Trinajstić information content (AvgIpc) is 2.73. The molecular weight excluding hydrogens is 354 g/mol. The Morgan fingerprint density at radius 2 is 1.89 bits per heavy atom. The molecule has 1 heterocycles. The normalized spacial score (nSPS) is 14.6. The van der Waals surface area contributed by atoms with Crippen molar-refractivity contribution in [2.45, 2.75) is 13.3 Å². The van der Waals surface area contributed by atoms with Crippen LogP contribution in [0.25, 0.3) is 0 Å². The molecule has 6 nitrogen and oxygen atoms in total. The van der Waals surface area contributed by atoms with E-state index < -0.39 is 0 Å². The number of methoxy groups -OCH3 is 1. The zero-order chi connectivity index (χ0) is 19.9. The second-order valence-corrected chi connectivity index (χ2v) is 7.13. The fourth-order valence-corrected chi connectivity index (χ4v) is 3.32. The highest BCUT2D eigenvalue weighted by atomic mass is 16.5. The predicted octanol–water partition coefficient (Wildman–Crippen LogP) is 2.07. The van der Waals surface area contributed by atoms with Crippen LogP contribution in [-0.4, -0.2) is 52.9 Å². The van der Waals surface area contributed by atoms with E-state index in [-0.39, 0.29) is 5.91 Å². The molecule has 2 aromatic carbocycles. The van der Waals surface area contributed by atoms with E-state index >= 15 is 0 Å². The lowest BCUT2D eigenvalue weighted by Crippen LogP contribution is -3.12. The third-order valence-electron chi connectivity index (χ3n) is 5.00. The molecule has 1 saturated heterocycles. The number of hydrogen-bond donors (Lipinski definition) is 2. The molecule has 6 heteroatoms. The largest absolute Gasteiger partial charge is 0.493 e. The monoisotopic (exact) mass is 384 g/mol. The zero-order valence-electron chi connectivity index (χ0n) is 17.0. The maximum Gasteiger partial charge on any atom is 0.255 e. The van der Waals surface area contributed by atoms with Gasteiger partial charge in [0.05, 0.1) is 58.3 Å². The quantitative estimate of drug-likeness (QED) is 0.767. The number of carbonyl (C=O) groups excluding carboxylic acids is 1. The van der Waals surface area contributed by atoms with E-state index in [0.29, 0.717) is 23.7 Å². The first-order chi connectivity index (χ1) is 13.6. The smallest absolute Gasteiger partial charge is 0.255 e. The van der Waals surface area contributed by atoms with E-state index in [1.165, 1.54) is 4.90 Å². The van der Waals surface area contributed by atoms with E-state index in [2.05, 4.69) is 23.3 Å². The molecule has 2 N–H and O–H groups in total. The Morgan fingerprint density at radius 3 is 2.61 bits per heavy atom. The Morgan fingerprint density at radius 1 is 1.14 bits per heavy atom. The van der Waals surface area contributed by atoms with Gasteiger partial charge in [0.25, 0.3) is 5.91 Å². The molecule has 0 radical (unpaired) electrons. The van der Waals surface area contributed by atoms with Crippen molar-refractivity contribution >= 4 is 17.3 Å². The molecule has 1 fully saturated rings. The van der Waals surface area contributed by atoms with Gasteiger partial charge < -0.3 is 24.6 Å². The van der Waals surface area contributed by atoms with Crippen LogP contribution in [0.3, 0.4) is 0 Å². The molecule has 2 aromatic rings. The van der Waals surface area contributed by atoms with Crippen molar-refractivity contribution in [2.75, 3.05) is 57.2 Å². The SMILES string of the molecule is CCCOc1ccc(C(=O)Nc2ccccc2N2CC[NH+](C)CC2)cc1OC. The molecule has 0 atom stereocenters. The summed E-state index contributed by atoms with van der Waals surface area (Å²) in [6.45, 7) is 6.82. The van der Waals surface area contributed by atoms with Crippen LogP contribution < -0.4 is 24.6 Å². The summed E-state index contributed by atoms with van der Waals surface area (Å²) >= 11 is 0. The third-order valence-corrected chi connectivity index (χ3v) is 5.00. The van der Waals surface area contributed by atoms with Crippen molar-refractivity contribution in [3.05, 3.63) is 48.0 Å². The molecule has 0 unspecified atom stereocenters. The van der Waals surface area contributed by atoms with Gasteiger partial charge in [-0.3, -0.25) is 4.79 Å². The van der Waals surface area contributed by atoms with Crippen LogP contribution in [0, 0.1) is 0 Å². The molecule has 0 bridgehead atoms. The van der Waals surface area contributed by atoms with E-state index in [9.17, 15) is 4.79 Å². The molecule has 0 aliphatic carbocycles. The van der Waals surface area contributed by atoms with Gasteiger partial charge in [-0.05, 0) is 36.8 Å². The number of likely N-dealkylation sites (N-methyl/N-ethyl adjacent to an activating group) is 1. The second-order valence-electron chi connectivity index (χ2n) is 7.13. The summed E-state index contributed by atoms with van der Waals surface area (Å²) in [5.41, 5.74) is 2.44. The first-order valence-electron chi connectivity index (χ1n) is 9.89. The minimum Gasteiger partial charge on any atom is -0.493 e. The molecule has 0 saturated carbocycles. The summed E-state index contributed by atoms with van der Waals surface area (Å²) in [5.74, 6) is 1.06. The zero-order valence-corrected chi connectivity index (χ0v) is 17.0. The van der Waals surface area contributed by atoms with Gasteiger partial charge >= 0.3 is 0 Å². The number of carbonyl (C=O) groups is 1. The number of ether oxygens (including phenoxy) is 2. The Bertz CT molecular complexity index is 801. The van der Waals surface area contributed by atoms with Crippen molar-refractivity contribution in [2.24, 2.45) is 0 Å². The number of anilines is 2. The summed E-state index contributed by atoms with van der Waals surface area (Å²) in [6, 6.07) is 13.3. The molecule has 1 aliphatic rings. The lowest BCUT2D eigenvalue weighted by atomic mass is 10.1. The van der Waals surface area contributed by atoms with Crippen LogP contribution >= 0.6 is 0 Å². The minimum atomic E-state index is -0.160. The summed E-state index contributed by atoms with van der Waals surface area (Å²) in [7, 11) is 3.80. The van der Waals surface area contributed by atoms with Crippen LogP contribution in [0.5, 0.6) is 11.5 Å². The lowest BCUT2D eigenvalue weighted by molar-refractivity contribution is -0.880. The van der Waals surface area contributed by atoms with Crippen molar-refractivity contribution in [1.29, 1.82) is 0 Å². The minimum absolute atomic E-state index is 0.160. The molecule has 0 aromatic heterocycles. The summed E-state index contributed by atoms with van der Waals surface area (Å²) in [6.07, 6.45) is 0.913. The molecule has 150 valence electrons. The van der Waals surface area contributed by atoms with Crippen LogP contribution in [0.2, 0.25) is 0 Å². The van der Waals surface area contributed by atoms with Crippen molar-refractivity contribution in [1.82, 2.24) is 0 Å². The highest BCUT2D eigenvalue weighted by molar-refractivity contribution is 6.06. The third kappa shape index (κ3) is 4.75. The maximum absolute atomic E-state index is 12.9. The Kier molecular flexibility index (Phi) is 6.76. The Hall–Kier alpha value is -2.73. The van der Waals surface area contributed by atoms with Crippen molar-refractivity contribution in [3.63, 3.8) is 0 Å². The first kappa shape index (κ1) is 20.0. The van der Waals surface area contributed by atoms with Crippen molar-refractivity contribution in [3.8, 4) is 11.5 Å². The number of hydrogen-bond acceptors (Lipinski definition) is 4. The van der Waals surface area contributed by atoms with Gasteiger partial charge in [0.1, 0.15) is 0 Å². The lowest BCUT2D eigenvalue weighted by Gasteiger charge is -2.33. The molecule has 1 aliphatic heterocycles. The molecule has 0 spiro atoms. The number of amides is 1. The van der Waals surface area contributed by atoms with Crippen molar-refractivity contribution < 1.29 is 19.2 Å². The highest BCUT2D eigenvalue weighted by Crippen LogP contribution is 2.30. The van der Waals surface area contributed by atoms with Gasteiger partial charge in [0, 0.05) is 5.56 Å². The fraction of sp³-hybridized carbons (Fsp3) is 0.409. The standard InChI is InChI=1S/C22H29N3O3/c1-4-15-28-20-10-9-17(16-21(20)27-3)22(26)23-18-7-5-6-8-19(18)25-13-11-24(2)12-14-25/h5-10,16H,4,11-15H2,1-3H3,(H,23,26)/p+1. The number of nitrogens with zero attached hydrogens (tertiary/aromatic N) is 1. The Balaban J connectivity index is 1.76. The summed E-state index contributed by atoms with van der Waals surface area (Å²) in [5, 5.41) is 3.07. The summed E-state index contributed by atoms with van der Waals surface area (Å²) in [4.78, 5) is 16.7. The number of piperazine rings is 1. The Labute approximate surface area is 167 Å². The van der Waals surface area contributed by atoms with Gasteiger partial charge in [0.15, 0.2) is 11.5 Å². The maximum atomic E-state index is 12.9. The van der Waals surface area contributed by atoms with Crippen LogP contribution in [0.4, 0.5) is 11.4 Å². The number of rotatable bonds is 7.